The van der Waals surface area contributed by atoms with Crippen molar-refractivity contribution in [3.05, 3.63) is 253 Å². The van der Waals surface area contributed by atoms with Crippen LogP contribution in [-0.4, -0.2) is 8.80 Å². The Kier molecular flexibility index (Phi) is 9.59. The lowest BCUT2D eigenvalue weighted by Crippen LogP contribution is -2.15. The Morgan fingerprint density at radius 3 is 1.05 bits per heavy atom. The third-order valence-corrected chi connectivity index (χ3v) is 17.9. The zero-order valence-electron chi connectivity index (χ0n) is 61.0. The van der Waals surface area contributed by atoms with Crippen LogP contribution in [0.15, 0.2) is 230 Å². The molecule has 422 valence electrons. The van der Waals surface area contributed by atoms with Gasteiger partial charge in [-0.15, -0.1) is 0 Å². The molecule has 0 atom stereocenters. The molecule has 4 nitrogen and oxygen atoms in total. The van der Waals surface area contributed by atoms with Crippen molar-refractivity contribution >= 4 is 110 Å². The van der Waals surface area contributed by atoms with Crippen LogP contribution in [0.5, 0.6) is 0 Å². The first-order valence-corrected chi connectivity index (χ1v) is 29.9. The van der Waals surface area contributed by atoms with E-state index in [9.17, 15) is 11.0 Å². The first-order valence-electron chi connectivity index (χ1n) is 34.9. The first kappa shape index (κ1) is 43.3. The summed E-state index contributed by atoms with van der Waals surface area (Å²) in [5.74, 6) is 0. The summed E-state index contributed by atoms with van der Waals surface area (Å²) < 4.78 is 98.5. The highest BCUT2D eigenvalue weighted by molar-refractivity contribution is 6.33. The second kappa shape index (κ2) is 19.1. The van der Waals surface area contributed by atoms with E-state index in [1.807, 2.05) is 58.3 Å². The zero-order valence-corrected chi connectivity index (χ0v) is 51.0. The number of anilines is 6. The fourth-order valence-corrected chi connectivity index (χ4v) is 13.8. The third-order valence-electron chi connectivity index (χ3n) is 17.9. The van der Waals surface area contributed by atoms with Gasteiger partial charge in [0, 0.05) is 65.6 Å². The highest BCUT2D eigenvalue weighted by Gasteiger charge is 2.33. The predicted molar refractivity (Wildman–Crippen MR) is 371 cm³/mol. The fraction of sp³-hybridized carbons (Fsp3) is 0.195. The van der Waals surface area contributed by atoms with Gasteiger partial charge in [-0.1, -0.05) is 241 Å². The molecule has 86 heavy (non-hydrogen) atoms. The summed E-state index contributed by atoms with van der Waals surface area (Å²) in [6.07, 6.45) is 0. The molecule has 0 spiro atoms. The lowest BCUT2D eigenvalue weighted by atomic mass is 9.84. The molecular formula is C82H74N4. The molecule has 0 saturated carbocycles. The molecule has 0 aliphatic carbocycles. The summed E-state index contributed by atoms with van der Waals surface area (Å²) in [6.45, 7) is 26.4. The molecule has 4 aromatic heterocycles. The van der Waals surface area contributed by atoms with Crippen molar-refractivity contribution in [2.45, 2.75) is 105 Å². The third kappa shape index (κ3) is 8.16. The molecule has 11 aromatic carbocycles. The van der Waals surface area contributed by atoms with Gasteiger partial charge in [0.2, 0.25) is 0 Å². The van der Waals surface area contributed by atoms with Gasteiger partial charge in [-0.2, -0.15) is 0 Å². The van der Waals surface area contributed by atoms with Gasteiger partial charge < -0.3 is 18.6 Å². The number of hydrogen-bond acceptors (Lipinski definition) is 2. The quantitative estimate of drug-likeness (QED) is 0.151. The standard InChI is InChI=1S/C82H74N4/c1-79(2,3)53-39-43-67(61(47-53)51-27-17-13-18-28-51)83(55-31-21-15-22-32-55)69-45-41-57-63-49-72-64(50-71(63)85-75-59(73(69)77(57)85)35-25-37-65(75)81(7,8)9)58-42-46-70(74-60-36-26-38-66(82(10,11)12)76(60)86(72)78(58)74)84(56-33-23-16-24-34-56)68-44-40-54(80(4,5)6)48-62(68)52-29-19-14-20-30-52/h13-50H,1-12H3/i15D,16D,21D,22D,23D,24D,31D,32D,33D,34D. The molecule has 4 heteroatoms. The van der Waals surface area contributed by atoms with Gasteiger partial charge in [0.05, 0.1) is 69.6 Å². The molecule has 4 heterocycles. The highest BCUT2D eigenvalue weighted by atomic mass is 15.2. The van der Waals surface area contributed by atoms with Crippen molar-refractivity contribution in [3.8, 4) is 22.3 Å². The Morgan fingerprint density at radius 1 is 0.314 bits per heavy atom. The molecular weight excluding hydrogens is 1040 g/mol. The normalized spacial score (nSPS) is 14.5. The lowest BCUT2D eigenvalue weighted by molar-refractivity contribution is 0.590. The smallest absolute Gasteiger partial charge is 0.0645 e. The number of nitrogens with zero attached hydrogens (tertiary/aromatic N) is 4. The van der Waals surface area contributed by atoms with E-state index in [-0.39, 0.29) is 57.2 Å². The van der Waals surface area contributed by atoms with Gasteiger partial charge in [-0.3, -0.25) is 0 Å². The van der Waals surface area contributed by atoms with E-state index in [0.717, 1.165) is 121 Å². The Labute approximate surface area is 519 Å². The molecule has 0 radical (unpaired) electrons. The van der Waals surface area contributed by atoms with Crippen LogP contribution >= 0.6 is 0 Å². The van der Waals surface area contributed by atoms with Crippen molar-refractivity contribution in [2.75, 3.05) is 9.80 Å². The molecule has 0 amide bonds. The maximum atomic E-state index is 9.79. The summed E-state index contributed by atoms with van der Waals surface area (Å²) in [5.41, 5.74) is 15.1. The topological polar surface area (TPSA) is 15.3 Å². The minimum absolute atomic E-state index is 0.0387. The van der Waals surface area contributed by atoms with Crippen molar-refractivity contribution in [3.63, 3.8) is 0 Å². The maximum Gasteiger partial charge on any atom is 0.0645 e. The van der Waals surface area contributed by atoms with E-state index in [4.69, 9.17) is 2.74 Å². The summed E-state index contributed by atoms with van der Waals surface area (Å²) in [7, 11) is 0. The van der Waals surface area contributed by atoms with Crippen molar-refractivity contribution < 1.29 is 13.7 Å². The molecule has 0 saturated heterocycles. The van der Waals surface area contributed by atoms with Crippen molar-refractivity contribution in [2.24, 2.45) is 0 Å². The minimum atomic E-state index is -0.469. The van der Waals surface area contributed by atoms with Gasteiger partial charge in [-0.25, -0.2) is 0 Å². The van der Waals surface area contributed by atoms with Crippen molar-refractivity contribution in [1.82, 2.24) is 8.80 Å². The SMILES string of the molecule is [2H]c1c([2H])c([2H])c(N(c2ccc(C(C)(C)C)cc2-c2ccccc2)c2ccc3c4cc5c(cc4n4c6c(C(C)(C)C)cccc6c2c34)c2ccc(N(c3ccc(C(C)(C)C)cc3-c3ccccc3)c3c([2H])c([2H])c([2H])c([2H])c3[2H])c3c4cccc(C(C)(C)C)c4n5c23)c([2H])c1[2H]. The molecule has 0 aliphatic heterocycles. The molecule has 0 fully saturated rings. The summed E-state index contributed by atoms with van der Waals surface area (Å²) >= 11 is 0. The van der Waals surface area contributed by atoms with Gasteiger partial charge in [0.25, 0.3) is 0 Å². The van der Waals surface area contributed by atoms with Crippen molar-refractivity contribution in [1.29, 1.82) is 0 Å². The molecule has 0 N–H and O–H groups in total. The van der Waals surface area contributed by atoms with Crippen LogP contribution in [-0.2, 0) is 21.7 Å². The van der Waals surface area contributed by atoms with Gasteiger partial charge in [0.15, 0.2) is 0 Å². The van der Waals surface area contributed by atoms with E-state index in [2.05, 4.69) is 213 Å². The van der Waals surface area contributed by atoms with Crippen LogP contribution in [0.2, 0.25) is 0 Å². The lowest BCUT2D eigenvalue weighted by Gasteiger charge is -2.30. The molecule has 0 bridgehead atoms. The maximum absolute atomic E-state index is 9.79. The number of aromatic nitrogens is 2. The first-order chi connectivity index (χ1) is 45.4. The van der Waals surface area contributed by atoms with E-state index in [1.54, 1.807) is 0 Å². The Morgan fingerprint density at radius 2 is 0.686 bits per heavy atom. The van der Waals surface area contributed by atoms with Crippen LogP contribution in [0.1, 0.15) is 119 Å². The molecule has 0 unspecified atom stereocenters. The number of fused-ring (bicyclic) bond motifs is 12. The van der Waals surface area contributed by atoms with Gasteiger partial charge >= 0.3 is 0 Å². The van der Waals surface area contributed by atoms with Gasteiger partial charge in [-0.05, 0) is 128 Å². The van der Waals surface area contributed by atoms with Crippen LogP contribution in [0, 0.1) is 0 Å². The Hall–Kier alpha value is -9.38. The number of hydrogen-bond donors (Lipinski definition) is 0. The molecule has 15 aromatic rings. The molecule has 15 rings (SSSR count). The summed E-state index contributed by atoms with van der Waals surface area (Å²) in [5, 5.41) is 7.53. The fourth-order valence-electron chi connectivity index (χ4n) is 13.8. The van der Waals surface area contributed by atoms with Crippen LogP contribution in [0.3, 0.4) is 0 Å². The highest BCUT2D eigenvalue weighted by Crippen LogP contribution is 2.55. The average Bonchev–Trinajstić information content (AvgIpc) is 1.50. The van der Waals surface area contributed by atoms with Crippen LogP contribution < -0.4 is 9.80 Å². The van der Waals surface area contributed by atoms with E-state index < -0.39 is 36.3 Å². The number of para-hydroxylation sites is 4. The zero-order chi connectivity index (χ0) is 68.0. The van der Waals surface area contributed by atoms with Crippen LogP contribution in [0.25, 0.3) is 98.4 Å². The summed E-state index contributed by atoms with van der Waals surface area (Å²) in [4.78, 5) is 3.84. The van der Waals surface area contributed by atoms with E-state index in [0.29, 0.717) is 22.7 Å². The van der Waals surface area contributed by atoms with Crippen LogP contribution in [0.4, 0.5) is 34.1 Å². The van der Waals surface area contributed by atoms with Gasteiger partial charge in [0.1, 0.15) is 0 Å². The summed E-state index contributed by atoms with van der Waals surface area (Å²) in [6, 6.07) is 55.0. The van der Waals surface area contributed by atoms with E-state index in [1.165, 1.54) is 0 Å². The second-order valence-corrected chi connectivity index (χ2v) is 27.5. The average molecular weight is 1130 g/mol. The molecule has 0 aliphatic rings. The largest absolute Gasteiger partial charge is 0.309 e. The minimum Gasteiger partial charge on any atom is -0.309 e. The number of rotatable bonds is 8. The second-order valence-electron chi connectivity index (χ2n) is 27.5. The Balaban J connectivity index is 1.10. The Bertz CT molecular complexity index is 5350. The number of benzene rings is 11. The monoisotopic (exact) mass is 1120 g/mol. The predicted octanol–water partition coefficient (Wildman–Crippen LogP) is 23.5. The van der Waals surface area contributed by atoms with E-state index >= 15 is 0 Å².